The molecule has 7 heteroatoms. The lowest BCUT2D eigenvalue weighted by Gasteiger charge is -2.22. The zero-order chi connectivity index (χ0) is 16.6. The minimum Gasteiger partial charge on any atom is -0.466 e. The molecule has 0 aromatic carbocycles. The number of esters is 1. The Morgan fingerprint density at radius 2 is 1.67 bits per heavy atom. The molecule has 2 amide bonds. The number of carbonyl (C=O) groups is 3. The molecule has 0 bridgehead atoms. The Morgan fingerprint density at radius 1 is 1.10 bits per heavy atom. The predicted molar refractivity (Wildman–Crippen MR) is 77.6 cm³/mol. The summed E-state index contributed by atoms with van der Waals surface area (Å²) in [6.07, 6.45) is 2.05. The minimum atomic E-state index is -0.756. The number of carbonyl (C=O) groups excluding carboxylic acids is 3. The molecular formula is C14H24N2O5. The largest absolute Gasteiger partial charge is 0.466 e. The number of methoxy groups -OCH3 is 1. The van der Waals surface area contributed by atoms with Gasteiger partial charge in [-0.25, -0.2) is 9.59 Å². The van der Waals surface area contributed by atoms with E-state index in [-0.39, 0.29) is 11.9 Å². The second kappa shape index (κ2) is 8.28. The van der Waals surface area contributed by atoms with Crippen molar-refractivity contribution in [2.75, 3.05) is 7.11 Å². The highest BCUT2D eigenvalue weighted by Crippen LogP contribution is 2.06. The van der Waals surface area contributed by atoms with E-state index in [1.165, 1.54) is 26.2 Å². The van der Waals surface area contributed by atoms with Gasteiger partial charge in [0.15, 0.2) is 0 Å². The van der Waals surface area contributed by atoms with Crippen molar-refractivity contribution in [2.24, 2.45) is 0 Å². The lowest BCUT2D eigenvalue weighted by atomic mass is 10.2. The smallest absolute Gasteiger partial charge is 0.408 e. The summed E-state index contributed by atoms with van der Waals surface area (Å²) in [5, 5.41) is 5.05. The summed E-state index contributed by atoms with van der Waals surface area (Å²) < 4.78 is 9.49. The average Bonchev–Trinajstić information content (AvgIpc) is 2.33. The Balaban J connectivity index is 4.30. The van der Waals surface area contributed by atoms with E-state index in [4.69, 9.17) is 4.74 Å². The first-order valence-corrected chi connectivity index (χ1v) is 6.61. The number of amides is 2. The van der Waals surface area contributed by atoms with Gasteiger partial charge < -0.3 is 20.1 Å². The fourth-order valence-corrected chi connectivity index (χ4v) is 1.24. The van der Waals surface area contributed by atoms with Crippen LogP contribution in [-0.2, 0) is 19.1 Å². The van der Waals surface area contributed by atoms with Crippen molar-refractivity contribution in [1.29, 1.82) is 0 Å². The van der Waals surface area contributed by atoms with E-state index in [0.717, 1.165) is 0 Å². The van der Waals surface area contributed by atoms with Crippen LogP contribution in [-0.4, -0.2) is 42.8 Å². The number of rotatable bonds is 5. The van der Waals surface area contributed by atoms with Gasteiger partial charge in [0.2, 0.25) is 5.91 Å². The maximum Gasteiger partial charge on any atom is 0.408 e. The highest BCUT2D eigenvalue weighted by Gasteiger charge is 2.21. The second-order valence-electron chi connectivity index (χ2n) is 5.55. The Morgan fingerprint density at radius 3 is 2.14 bits per heavy atom. The zero-order valence-corrected chi connectivity index (χ0v) is 13.4. The van der Waals surface area contributed by atoms with Gasteiger partial charge in [-0.05, 0) is 34.6 Å². The van der Waals surface area contributed by atoms with Crippen LogP contribution in [0.1, 0.15) is 34.6 Å². The molecule has 21 heavy (non-hydrogen) atoms. The van der Waals surface area contributed by atoms with Gasteiger partial charge in [0.25, 0.3) is 0 Å². The first-order valence-electron chi connectivity index (χ1n) is 6.61. The van der Waals surface area contributed by atoms with Crippen molar-refractivity contribution in [2.45, 2.75) is 52.3 Å². The van der Waals surface area contributed by atoms with Gasteiger partial charge >= 0.3 is 12.1 Å². The summed E-state index contributed by atoms with van der Waals surface area (Å²) in [7, 11) is 1.27. The van der Waals surface area contributed by atoms with Gasteiger partial charge in [0.05, 0.1) is 7.11 Å². The highest BCUT2D eigenvalue weighted by atomic mass is 16.6. The van der Waals surface area contributed by atoms with Crippen LogP contribution in [0.3, 0.4) is 0 Å². The fourth-order valence-electron chi connectivity index (χ4n) is 1.24. The van der Waals surface area contributed by atoms with Crippen molar-refractivity contribution >= 4 is 18.0 Å². The molecule has 0 heterocycles. The third kappa shape index (κ3) is 9.48. The Kier molecular flexibility index (Phi) is 7.48. The Hall–Kier alpha value is -2.05. The lowest BCUT2D eigenvalue weighted by Crippen LogP contribution is -2.48. The SMILES string of the molecule is COC(=O)C=CC(C)NC(=O)C(C)NC(=O)OC(C)(C)C. The fraction of sp³-hybridized carbons (Fsp3) is 0.643. The Labute approximate surface area is 125 Å². The summed E-state index contributed by atoms with van der Waals surface area (Å²) in [5.74, 6) is -0.890. The molecule has 2 unspecified atom stereocenters. The van der Waals surface area contributed by atoms with Crippen molar-refractivity contribution in [3.05, 3.63) is 12.2 Å². The summed E-state index contributed by atoms with van der Waals surface area (Å²) >= 11 is 0. The van der Waals surface area contributed by atoms with E-state index in [9.17, 15) is 14.4 Å². The van der Waals surface area contributed by atoms with E-state index in [0.29, 0.717) is 0 Å². The van der Waals surface area contributed by atoms with Crippen molar-refractivity contribution in [1.82, 2.24) is 10.6 Å². The monoisotopic (exact) mass is 300 g/mol. The molecule has 0 saturated heterocycles. The van der Waals surface area contributed by atoms with E-state index in [1.54, 1.807) is 27.7 Å². The summed E-state index contributed by atoms with van der Waals surface area (Å²) in [6, 6.07) is -1.13. The average molecular weight is 300 g/mol. The molecule has 2 N–H and O–H groups in total. The van der Waals surface area contributed by atoms with E-state index < -0.39 is 23.7 Å². The zero-order valence-electron chi connectivity index (χ0n) is 13.4. The molecule has 0 rings (SSSR count). The second-order valence-corrected chi connectivity index (χ2v) is 5.55. The van der Waals surface area contributed by atoms with Gasteiger partial charge in [-0.3, -0.25) is 4.79 Å². The summed E-state index contributed by atoms with van der Waals surface area (Å²) in [4.78, 5) is 34.3. The van der Waals surface area contributed by atoms with Crippen LogP contribution in [0.25, 0.3) is 0 Å². The molecule has 0 aliphatic heterocycles. The molecule has 0 aliphatic carbocycles. The standard InChI is InChI=1S/C14H24N2O5/c1-9(7-8-11(17)20-6)15-12(18)10(2)16-13(19)21-14(3,4)5/h7-10H,1-6H3,(H,15,18)(H,16,19). The summed E-state index contributed by atoms with van der Waals surface area (Å²) in [6.45, 7) is 8.43. The van der Waals surface area contributed by atoms with Crippen LogP contribution >= 0.6 is 0 Å². The highest BCUT2D eigenvalue weighted by molar-refractivity contribution is 5.86. The van der Waals surface area contributed by atoms with Crippen molar-refractivity contribution < 1.29 is 23.9 Å². The molecule has 0 aromatic rings. The van der Waals surface area contributed by atoms with Gasteiger partial charge in [0.1, 0.15) is 11.6 Å². The van der Waals surface area contributed by atoms with Crippen LogP contribution in [0.5, 0.6) is 0 Å². The molecule has 0 radical (unpaired) electrons. The van der Waals surface area contributed by atoms with Crippen LogP contribution in [0, 0.1) is 0 Å². The van der Waals surface area contributed by atoms with E-state index in [1.807, 2.05) is 0 Å². The topological polar surface area (TPSA) is 93.7 Å². The molecule has 0 aliphatic rings. The number of hydrogen-bond donors (Lipinski definition) is 2. The van der Waals surface area contributed by atoms with Gasteiger partial charge in [0, 0.05) is 12.1 Å². The molecule has 0 aromatic heterocycles. The quantitative estimate of drug-likeness (QED) is 0.586. The van der Waals surface area contributed by atoms with Crippen LogP contribution in [0.4, 0.5) is 4.79 Å². The Bertz CT molecular complexity index is 412. The number of ether oxygens (including phenoxy) is 2. The number of nitrogens with one attached hydrogen (secondary N) is 2. The van der Waals surface area contributed by atoms with Crippen molar-refractivity contribution in [3.63, 3.8) is 0 Å². The minimum absolute atomic E-state index is 0.375. The van der Waals surface area contributed by atoms with Gasteiger partial charge in [-0.2, -0.15) is 0 Å². The van der Waals surface area contributed by atoms with Gasteiger partial charge in [-0.15, -0.1) is 0 Å². The van der Waals surface area contributed by atoms with E-state index >= 15 is 0 Å². The molecule has 2 atom stereocenters. The molecular weight excluding hydrogens is 276 g/mol. The normalized spacial score (nSPS) is 14.2. The molecule has 0 spiro atoms. The third-order valence-corrected chi connectivity index (χ3v) is 2.22. The molecule has 120 valence electrons. The first-order chi connectivity index (χ1) is 9.55. The van der Waals surface area contributed by atoms with Crippen LogP contribution in [0.2, 0.25) is 0 Å². The van der Waals surface area contributed by atoms with Gasteiger partial charge in [-0.1, -0.05) is 6.08 Å². The van der Waals surface area contributed by atoms with Crippen molar-refractivity contribution in [3.8, 4) is 0 Å². The third-order valence-electron chi connectivity index (χ3n) is 2.22. The number of alkyl carbamates (subject to hydrolysis) is 1. The molecule has 0 fully saturated rings. The van der Waals surface area contributed by atoms with Crippen LogP contribution < -0.4 is 10.6 Å². The lowest BCUT2D eigenvalue weighted by molar-refractivity contribution is -0.135. The maximum absolute atomic E-state index is 11.8. The maximum atomic E-state index is 11.8. The molecule has 7 nitrogen and oxygen atoms in total. The molecule has 0 saturated carbocycles. The predicted octanol–water partition coefficient (Wildman–Crippen LogP) is 1.13. The number of hydrogen-bond acceptors (Lipinski definition) is 5. The first kappa shape index (κ1) is 18.9. The summed E-state index contributed by atoms with van der Waals surface area (Å²) in [5.41, 5.74) is -0.628. The van der Waals surface area contributed by atoms with E-state index in [2.05, 4.69) is 15.4 Å². The van der Waals surface area contributed by atoms with Crippen LogP contribution in [0.15, 0.2) is 12.2 Å².